The summed E-state index contributed by atoms with van der Waals surface area (Å²) in [6, 6.07) is 19.4. The highest BCUT2D eigenvalue weighted by atomic mass is 79.9. The zero-order chi connectivity index (χ0) is 22.7. The van der Waals surface area contributed by atoms with Gasteiger partial charge in [-0.15, -0.1) is 0 Å². The van der Waals surface area contributed by atoms with Crippen molar-refractivity contribution in [3.63, 3.8) is 0 Å². The second-order valence-corrected chi connectivity index (χ2v) is 8.37. The third kappa shape index (κ3) is 4.32. The number of rotatable bonds is 7. The van der Waals surface area contributed by atoms with Crippen LogP contribution in [-0.4, -0.2) is 26.2 Å². The standard InChI is InChI=1S/C26H26BrNO4/c1-4-31-23-14-18-15-25(29)28(20-10-12-21(30-3)13-11-20)26(17-6-8-19(27)9-7-17)22(18)16-24(23)32-5-2/h6-14,16,26H,4-5,15H2,1-3H3. The number of carbonyl (C=O) groups is 1. The van der Waals surface area contributed by atoms with Crippen LogP contribution in [0.2, 0.25) is 0 Å². The Morgan fingerprint density at radius 2 is 1.56 bits per heavy atom. The minimum Gasteiger partial charge on any atom is -0.497 e. The third-order valence-corrected chi connectivity index (χ3v) is 6.03. The zero-order valence-electron chi connectivity index (χ0n) is 18.4. The van der Waals surface area contributed by atoms with E-state index in [1.54, 1.807) is 7.11 Å². The molecule has 0 radical (unpaired) electrons. The maximum absolute atomic E-state index is 13.5. The van der Waals surface area contributed by atoms with E-state index in [0.717, 1.165) is 32.6 Å². The van der Waals surface area contributed by atoms with Gasteiger partial charge in [-0.2, -0.15) is 0 Å². The number of benzene rings is 3. The highest BCUT2D eigenvalue weighted by molar-refractivity contribution is 9.10. The predicted molar refractivity (Wildman–Crippen MR) is 129 cm³/mol. The molecular formula is C26H26BrNO4. The second kappa shape index (κ2) is 9.65. The average Bonchev–Trinajstić information content (AvgIpc) is 2.80. The molecule has 5 nitrogen and oxygen atoms in total. The zero-order valence-corrected chi connectivity index (χ0v) is 20.0. The van der Waals surface area contributed by atoms with Crippen LogP contribution in [0.1, 0.15) is 36.6 Å². The van der Waals surface area contributed by atoms with Crippen LogP contribution in [0.3, 0.4) is 0 Å². The Morgan fingerprint density at radius 1 is 0.938 bits per heavy atom. The molecule has 1 unspecified atom stereocenters. The lowest BCUT2D eigenvalue weighted by Gasteiger charge is -2.38. The summed E-state index contributed by atoms with van der Waals surface area (Å²) in [6.07, 6.45) is 0.293. The monoisotopic (exact) mass is 495 g/mol. The molecule has 0 aliphatic carbocycles. The van der Waals surface area contributed by atoms with Crippen molar-refractivity contribution in [2.75, 3.05) is 25.2 Å². The molecule has 166 valence electrons. The summed E-state index contributed by atoms with van der Waals surface area (Å²) >= 11 is 3.52. The van der Waals surface area contributed by atoms with Gasteiger partial charge in [0.1, 0.15) is 5.75 Å². The third-order valence-electron chi connectivity index (χ3n) is 5.50. The van der Waals surface area contributed by atoms with Crippen LogP contribution in [0.4, 0.5) is 5.69 Å². The molecule has 1 heterocycles. The van der Waals surface area contributed by atoms with Gasteiger partial charge < -0.3 is 19.1 Å². The Balaban J connectivity index is 1.89. The van der Waals surface area contributed by atoms with Crippen LogP contribution in [0.25, 0.3) is 0 Å². The van der Waals surface area contributed by atoms with Crippen molar-refractivity contribution < 1.29 is 19.0 Å². The second-order valence-electron chi connectivity index (χ2n) is 7.46. The molecule has 1 amide bonds. The number of nitrogens with zero attached hydrogens (tertiary/aromatic N) is 1. The molecule has 0 spiro atoms. The molecule has 0 bridgehead atoms. The van der Waals surface area contributed by atoms with E-state index in [0.29, 0.717) is 31.1 Å². The Bertz CT molecular complexity index is 1100. The van der Waals surface area contributed by atoms with Gasteiger partial charge in [-0.1, -0.05) is 28.1 Å². The van der Waals surface area contributed by atoms with E-state index in [9.17, 15) is 4.79 Å². The number of amides is 1. The topological polar surface area (TPSA) is 48.0 Å². The molecule has 0 fully saturated rings. The van der Waals surface area contributed by atoms with Gasteiger partial charge in [0.25, 0.3) is 0 Å². The number of carbonyl (C=O) groups excluding carboxylic acids is 1. The molecule has 1 aliphatic heterocycles. The predicted octanol–water partition coefficient (Wildman–Crippen LogP) is 5.93. The number of halogens is 1. The van der Waals surface area contributed by atoms with Crippen LogP contribution in [0, 0.1) is 0 Å². The molecule has 3 aromatic rings. The number of hydrogen-bond donors (Lipinski definition) is 0. The first-order valence-corrected chi connectivity index (χ1v) is 11.5. The molecule has 4 rings (SSSR count). The number of fused-ring (bicyclic) bond motifs is 1. The Labute approximate surface area is 197 Å². The van der Waals surface area contributed by atoms with Crippen molar-refractivity contribution in [1.82, 2.24) is 0 Å². The van der Waals surface area contributed by atoms with Crippen LogP contribution in [0.5, 0.6) is 17.2 Å². The van der Waals surface area contributed by atoms with Crippen molar-refractivity contribution in [1.29, 1.82) is 0 Å². The number of anilines is 1. The van der Waals surface area contributed by atoms with Gasteiger partial charge in [0.2, 0.25) is 5.91 Å². The van der Waals surface area contributed by atoms with E-state index < -0.39 is 0 Å². The molecule has 0 saturated heterocycles. The van der Waals surface area contributed by atoms with E-state index >= 15 is 0 Å². The Kier molecular flexibility index (Phi) is 6.70. The van der Waals surface area contributed by atoms with Crippen molar-refractivity contribution in [2.24, 2.45) is 0 Å². The number of hydrogen-bond acceptors (Lipinski definition) is 4. The fourth-order valence-corrected chi connectivity index (χ4v) is 4.37. The highest BCUT2D eigenvalue weighted by Crippen LogP contribution is 2.43. The molecule has 0 aromatic heterocycles. The van der Waals surface area contributed by atoms with E-state index in [1.165, 1.54) is 0 Å². The van der Waals surface area contributed by atoms with Gasteiger partial charge in [-0.3, -0.25) is 4.79 Å². The minimum atomic E-state index is -0.289. The van der Waals surface area contributed by atoms with Crippen LogP contribution < -0.4 is 19.1 Å². The lowest BCUT2D eigenvalue weighted by atomic mass is 9.87. The van der Waals surface area contributed by atoms with Gasteiger partial charge in [-0.25, -0.2) is 0 Å². The van der Waals surface area contributed by atoms with Gasteiger partial charge in [0.05, 0.1) is 32.8 Å². The molecule has 0 N–H and O–H groups in total. The largest absolute Gasteiger partial charge is 0.497 e. The molecule has 1 atom stereocenters. The van der Waals surface area contributed by atoms with E-state index in [1.807, 2.05) is 79.4 Å². The van der Waals surface area contributed by atoms with Crippen molar-refractivity contribution in [3.8, 4) is 17.2 Å². The van der Waals surface area contributed by atoms with Crippen molar-refractivity contribution >= 4 is 27.5 Å². The molecule has 6 heteroatoms. The fraction of sp³-hybridized carbons (Fsp3) is 0.269. The summed E-state index contributed by atoms with van der Waals surface area (Å²) in [5, 5.41) is 0. The van der Waals surface area contributed by atoms with Crippen LogP contribution >= 0.6 is 15.9 Å². The number of ether oxygens (including phenoxy) is 3. The smallest absolute Gasteiger partial charge is 0.232 e. The van der Waals surface area contributed by atoms with Crippen molar-refractivity contribution in [3.05, 3.63) is 81.8 Å². The SMILES string of the molecule is CCOc1cc2c(cc1OCC)C(c1ccc(Br)cc1)N(c1ccc(OC)cc1)C(=O)C2. The number of methoxy groups -OCH3 is 1. The maximum Gasteiger partial charge on any atom is 0.232 e. The summed E-state index contributed by atoms with van der Waals surface area (Å²) < 4.78 is 18.0. The molecule has 32 heavy (non-hydrogen) atoms. The van der Waals surface area contributed by atoms with Gasteiger partial charge >= 0.3 is 0 Å². The first-order valence-electron chi connectivity index (χ1n) is 10.7. The summed E-state index contributed by atoms with van der Waals surface area (Å²) in [7, 11) is 1.63. The van der Waals surface area contributed by atoms with E-state index in [4.69, 9.17) is 14.2 Å². The lowest BCUT2D eigenvalue weighted by Crippen LogP contribution is -2.41. The van der Waals surface area contributed by atoms with E-state index in [2.05, 4.69) is 15.9 Å². The molecular weight excluding hydrogens is 470 g/mol. The Hall–Kier alpha value is -2.99. The molecule has 0 saturated carbocycles. The molecule has 1 aliphatic rings. The molecule has 3 aromatic carbocycles. The van der Waals surface area contributed by atoms with Crippen molar-refractivity contribution in [2.45, 2.75) is 26.3 Å². The summed E-state index contributed by atoms with van der Waals surface area (Å²) in [4.78, 5) is 15.3. The maximum atomic E-state index is 13.5. The average molecular weight is 496 g/mol. The van der Waals surface area contributed by atoms with Crippen LogP contribution in [-0.2, 0) is 11.2 Å². The van der Waals surface area contributed by atoms with Gasteiger partial charge in [0, 0.05) is 10.2 Å². The minimum absolute atomic E-state index is 0.0298. The summed E-state index contributed by atoms with van der Waals surface area (Å²) in [5.74, 6) is 2.15. The summed E-state index contributed by atoms with van der Waals surface area (Å²) in [6.45, 7) is 4.95. The Morgan fingerprint density at radius 3 is 2.16 bits per heavy atom. The lowest BCUT2D eigenvalue weighted by molar-refractivity contribution is -0.118. The first kappa shape index (κ1) is 22.2. The van der Waals surface area contributed by atoms with Crippen LogP contribution in [0.15, 0.2) is 65.1 Å². The normalized spacial score (nSPS) is 15.3. The van der Waals surface area contributed by atoms with Gasteiger partial charge in [0.15, 0.2) is 11.5 Å². The fourth-order valence-electron chi connectivity index (χ4n) is 4.10. The highest BCUT2D eigenvalue weighted by Gasteiger charge is 2.36. The van der Waals surface area contributed by atoms with Gasteiger partial charge in [-0.05, 0) is 79.1 Å². The summed E-state index contributed by atoms with van der Waals surface area (Å²) in [5.41, 5.74) is 3.83. The first-order chi connectivity index (χ1) is 15.5. The quantitative estimate of drug-likeness (QED) is 0.407. The van der Waals surface area contributed by atoms with E-state index in [-0.39, 0.29) is 11.9 Å².